The number of amides is 1. The minimum absolute atomic E-state index is 0.235. The van der Waals surface area contributed by atoms with Crippen LogP contribution in [0, 0.1) is 0 Å². The molecule has 2 aromatic rings. The first kappa shape index (κ1) is 22.5. The van der Waals surface area contributed by atoms with Crippen molar-refractivity contribution in [2.24, 2.45) is 0 Å². The number of anilines is 2. The van der Waals surface area contributed by atoms with Crippen molar-refractivity contribution in [3.63, 3.8) is 0 Å². The fourth-order valence-electron chi connectivity index (χ4n) is 3.35. The Morgan fingerprint density at radius 1 is 1.07 bits per heavy atom. The zero-order chi connectivity index (χ0) is 21.9. The number of rotatable bonds is 6. The van der Waals surface area contributed by atoms with E-state index in [-0.39, 0.29) is 18.1 Å². The second-order valence-corrected chi connectivity index (χ2v) is 9.71. The summed E-state index contributed by atoms with van der Waals surface area (Å²) in [6.45, 7) is 1.90. The molecule has 0 radical (unpaired) electrons. The maximum atomic E-state index is 12.9. The monoisotopic (exact) mass is 471 g/mol. The number of nitrogens with zero attached hydrogens (tertiary/aromatic N) is 3. The molecule has 1 amide bonds. The van der Waals surface area contributed by atoms with Gasteiger partial charge in [-0.25, -0.2) is 8.42 Å². The molecule has 0 aliphatic carbocycles. The van der Waals surface area contributed by atoms with E-state index in [0.717, 1.165) is 16.2 Å². The van der Waals surface area contributed by atoms with Crippen LogP contribution in [-0.2, 0) is 14.8 Å². The minimum Gasteiger partial charge on any atom is -0.495 e. The molecule has 3 rings (SSSR count). The van der Waals surface area contributed by atoms with Crippen LogP contribution in [0.15, 0.2) is 42.5 Å². The molecule has 0 N–H and O–H groups in total. The van der Waals surface area contributed by atoms with E-state index in [0.29, 0.717) is 42.0 Å². The van der Waals surface area contributed by atoms with Crippen molar-refractivity contribution in [2.45, 2.75) is 0 Å². The summed E-state index contributed by atoms with van der Waals surface area (Å²) in [7, 11) is -2.30. The maximum Gasteiger partial charge on any atom is 0.243 e. The predicted molar refractivity (Wildman–Crippen MR) is 120 cm³/mol. The van der Waals surface area contributed by atoms with Crippen LogP contribution in [0.25, 0.3) is 0 Å². The van der Waals surface area contributed by atoms with E-state index in [1.54, 1.807) is 17.0 Å². The second kappa shape index (κ2) is 9.32. The number of ether oxygens (including phenoxy) is 1. The van der Waals surface area contributed by atoms with E-state index in [1.807, 2.05) is 24.3 Å². The molecule has 162 valence electrons. The molecule has 0 spiro atoms. The van der Waals surface area contributed by atoms with Gasteiger partial charge in [-0.2, -0.15) is 0 Å². The highest BCUT2D eigenvalue weighted by Crippen LogP contribution is 2.33. The molecule has 1 aliphatic rings. The van der Waals surface area contributed by atoms with E-state index >= 15 is 0 Å². The standard InChI is InChI=1S/C20H23Cl2N3O4S/c1-29-19-7-6-16(22)13-18(19)25(30(2,27)28)14-20(26)24-10-8-23(9-11-24)17-5-3-4-15(21)12-17/h3-7,12-13H,8-11,14H2,1-2H3. The summed E-state index contributed by atoms with van der Waals surface area (Å²) in [6.07, 6.45) is 1.05. The first-order valence-electron chi connectivity index (χ1n) is 9.28. The number of carbonyl (C=O) groups excluding carboxylic acids is 1. The zero-order valence-electron chi connectivity index (χ0n) is 16.7. The molecule has 2 aromatic carbocycles. The lowest BCUT2D eigenvalue weighted by Gasteiger charge is -2.37. The Bertz CT molecular complexity index is 1020. The summed E-state index contributed by atoms with van der Waals surface area (Å²) in [5, 5.41) is 1.01. The quantitative estimate of drug-likeness (QED) is 0.647. The van der Waals surface area contributed by atoms with Gasteiger partial charge in [0, 0.05) is 41.9 Å². The summed E-state index contributed by atoms with van der Waals surface area (Å²) >= 11 is 12.1. The molecule has 0 atom stereocenters. The largest absolute Gasteiger partial charge is 0.495 e. The van der Waals surface area contributed by atoms with Gasteiger partial charge in [0.25, 0.3) is 0 Å². The van der Waals surface area contributed by atoms with Crippen molar-refractivity contribution in [3.05, 3.63) is 52.5 Å². The van der Waals surface area contributed by atoms with E-state index in [4.69, 9.17) is 27.9 Å². The van der Waals surface area contributed by atoms with Crippen LogP contribution in [0.2, 0.25) is 10.0 Å². The third kappa shape index (κ3) is 5.30. The summed E-state index contributed by atoms with van der Waals surface area (Å²) in [5.41, 5.74) is 1.23. The van der Waals surface area contributed by atoms with Gasteiger partial charge in [-0.3, -0.25) is 9.10 Å². The van der Waals surface area contributed by atoms with Crippen molar-refractivity contribution in [2.75, 3.05) is 55.3 Å². The number of benzene rings is 2. The highest BCUT2D eigenvalue weighted by molar-refractivity contribution is 7.92. The molecule has 0 aromatic heterocycles. The highest BCUT2D eigenvalue weighted by Gasteiger charge is 2.28. The normalized spacial score (nSPS) is 14.5. The maximum absolute atomic E-state index is 12.9. The van der Waals surface area contributed by atoms with Gasteiger partial charge in [0.05, 0.1) is 19.1 Å². The Hall–Kier alpha value is -2.16. The smallest absolute Gasteiger partial charge is 0.243 e. The van der Waals surface area contributed by atoms with Gasteiger partial charge in [0.1, 0.15) is 12.3 Å². The number of piperazine rings is 1. The van der Waals surface area contributed by atoms with Gasteiger partial charge in [0.15, 0.2) is 0 Å². The fourth-order valence-corrected chi connectivity index (χ4v) is 4.54. The zero-order valence-corrected chi connectivity index (χ0v) is 19.0. The summed E-state index contributed by atoms with van der Waals surface area (Å²) in [4.78, 5) is 16.7. The molecule has 1 heterocycles. The van der Waals surface area contributed by atoms with Crippen LogP contribution >= 0.6 is 23.2 Å². The number of methoxy groups -OCH3 is 1. The van der Waals surface area contributed by atoms with Crippen LogP contribution in [0.3, 0.4) is 0 Å². The molecular weight excluding hydrogens is 449 g/mol. The third-order valence-electron chi connectivity index (χ3n) is 4.89. The lowest BCUT2D eigenvalue weighted by atomic mass is 10.2. The van der Waals surface area contributed by atoms with Crippen molar-refractivity contribution in [3.8, 4) is 5.75 Å². The second-order valence-electron chi connectivity index (χ2n) is 6.93. The van der Waals surface area contributed by atoms with Crippen LogP contribution in [-0.4, -0.2) is 65.3 Å². The van der Waals surface area contributed by atoms with Gasteiger partial charge in [-0.15, -0.1) is 0 Å². The predicted octanol–water partition coefficient (Wildman–Crippen LogP) is 3.12. The molecule has 0 bridgehead atoms. The Morgan fingerprint density at radius 3 is 2.33 bits per heavy atom. The van der Waals surface area contributed by atoms with Gasteiger partial charge in [-0.1, -0.05) is 29.3 Å². The molecular formula is C20H23Cl2N3O4S. The fraction of sp³-hybridized carbons (Fsp3) is 0.350. The molecule has 1 fully saturated rings. The van der Waals surface area contributed by atoms with E-state index in [9.17, 15) is 13.2 Å². The van der Waals surface area contributed by atoms with Crippen LogP contribution < -0.4 is 13.9 Å². The molecule has 0 unspecified atom stereocenters. The van der Waals surface area contributed by atoms with Gasteiger partial charge in [0.2, 0.25) is 15.9 Å². The first-order valence-corrected chi connectivity index (χ1v) is 11.9. The van der Waals surface area contributed by atoms with Crippen molar-refractivity contribution < 1.29 is 17.9 Å². The average molecular weight is 472 g/mol. The van der Waals surface area contributed by atoms with Crippen molar-refractivity contribution in [1.82, 2.24) is 4.90 Å². The Labute approximate surface area is 186 Å². The van der Waals surface area contributed by atoms with E-state index < -0.39 is 10.0 Å². The highest BCUT2D eigenvalue weighted by atomic mass is 35.5. The lowest BCUT2D eigenvalue weighted by molar-refractivity contribution is -0.129. The topological polar surface area (TPSA) is 70.2 Å². The minimum atomic E-state index is -3.74. The van der Waals surface area contributed by atoms with E-state index in [1.165, 1.54) is 13.2 Å². The third-order valence-corrected chi connectivity index (χ3v) is 6.49. The SMILES string of the molecule is COc1ccc(Cl)cc1N(CC(=O)N1CCN(c2cccc(Cl)c2)CC1)S(C)(=O)=O. The molecule has 1 aliphatic heterocycles. The number of hydrogen-bond donors (Lipinski definition) is 0. The number of sulfonamides is 1. The summed E-state index contributed by atoms with van der Waals surface area (Å²) in [6, 6.07) is 12.2. The van der Waals surface area contributed by atoms with Crippen molar-refractivity contribution >= 4 is 50.5 Å². The van der Waals surface area contributed by atoms with Gasteiger partial charge < -0.3 is 14.5 Å². The number of hydrogen-bond acceptors (Lipinski definition) is 5. The molecule has 0 saturated carbocycles. The molecule has 10 heteroatoms. The van der Waals surface area contributed by atoms with Crippen LogP contribution in [0.5, 0.6) is 5.75 Å². The Morgan fingerprint density at radius 2 is 1.73 bits per heavy atom. The van der Waals surface area contributed by atoms with E-state index in [2.05, 4.69) is 4.90 Å². The van der Waals surface area contributed by atoms with Crippen molar-refractivity contribution in [1.29, 1.82) is 0 Å². The molecule has 1 saturated heterocycles. The average Bonchev–Trinajstić information content (AvgIpc) is 2.71. The molecule has 30 heavy (non-hydrogen) atoms. The number of halogens is 2. The summed E-state index contributed by atoms with van der Waals surface area (Å²) in [5.74, 6) is 0.0385. The molecule has 7 nitrogen and oxygen atoms in total. The van der Waals surface area contributed by atoms with Crippen LogP contribution in [0.4, 0.5) is 11.4 Å². The first-order chi connectivity index (χ1) is 14.2. The summed E-state index contributed by atoms with van der Waals surface area (Å²) < 4.78 is 31.2. The number of carbonyl (C=O) groups is 1. The Kier molecular flexibility index (Phi) is 7.00. The lowest BCUT2D eigenvalue weighted by Crippen LogP contribution is -2.52. The van der Waals surface area contributed by atoms with Gasteiger partial charge in [-0.05, 0) is 36.4 Å². The Balaban J connectivity index is 1.73. The van der Waals surface area contributed by atoms with Gasteiger partial charge >= 0.3 is 0 Å². The van der Waals surface area contributed by atoms with Crippen LogP contribution in [0.1, 0.15) is 0 Å².